The number of fused-ring (bicyclic) bond motifs is 3. The van der Waals surface area contributed by atoms with Crippen LogP contribution in [0.3, 0.4) is 0 Å². The summed E-state index contributed by atoms with van der Waals surface area (Å²) in [4.78, 5) is 0. The first kappa shape index (κ1) is 24.3. The summed E-state index contributed by atoms with van der Waals surface area (Å²) in [6, 6.07) is 13.9. The first-order valence-electron chi connectivity index (χ1n) is 7.90. The van der Waals surface area contributed by atoms with Crippen molar-refractivity contribution in [3.05, 3.63) is 80.8 Å². The first-order chi connectivity index (χ1) is 11.6. The van der Waals surface area contributed by atoms with Crippen LogP contribution < -0.4 is 24.8 Å². The molecule has 5 rings (SSSR count). The summed E-state index contributed by atoms with van der Waals surface area (Å²) in [5.74, 6) is 0. The van der Waals surface area contributed by atoms with Crippen molar-refractivity contribution >= 4 is 35.1 Å². The van der Waals surface area contributed by atoms with Crippen LogP contribution in [0.15, 0.2) is 57.5 Å². The fourth-order valence-corrected chi connectivity index (χ4v) is 3.45. The Morgan fingerprint density at radius 3 is 2.19 bits per heavy atom. The molecule has 1 fully saturated rings. The van der Waals surface area contributed by atoms with Gasteiger partial charge in [-0.15, -0.1) is 27.9 Å². The zero-order valence-electron chi connectivity index (χ0n) is 14.0. The van der Waals surface area contributed by atoms with E-state index in [1.165, 1.54) is 35.1 Å². The van der Waals surface area contributed by atoms with E-state index in [0.29, 0.717) is 0 Å². The Balaban J connectivity index is 0.000000255. The van der Waals surface area contributed by atoms with Crippen LogP contribution in [0.5, 0.6) is 0 Å². The molecule has 26 heavy (non-hydrogen) atoms. The average molecular weight is 590 g/mol. The van der Waals surface area contributed by atoms with Gasteiger partial charge in [0.2, 0.25) is 0 Å². The van der Waals surface area contributed by atoms with Gasteiger partial charge in [0, 0.05) is 4.47 Å². The molecule has 0 atom stereocenters. The Bertz CT molecular complexity index is 763. The Morgan fingerprint density at radius 1 is 0.962 bits per heavy atom. The van der Waals surface area contributed by atoms with Crippen LogP contribution in [-0.4, -0.2) is 3.21 Å². The van der Waals surface area contributed by atoms with Gasteiger partial charge in [0.1, 0.15) is 0 Å². The molecule has 0 spiro atoms. The van der Waals surface area contributed by atoms with Gasteiger partial charge in [-0.25, -0.2) is 12.2 Å². The first-order valence-corrected chi connectivity index (χ1v) is 10.7. The van der Waals surface area contributed by atoms with Gasteiger partial charge in [-0.2, -0.15) is 29.8 Å². The Hall–Kier alpha value is 0.213. The van der Waals surface area contributed by atoms with E-state index in [1.54, 1.807) is 27.4 Å². The quantitative estimate of drug-likeness (QED) is 0.333. The third kappa shape index (κ3) is 7.32. The molecule has 0 nitrogen and oxygen atoms in total. The van der Waals surface area contributed by atoms with Crippen molar-refractivity contribution in [2.24, 2.45) is 0 Å². The number of benzene rings is 2. The van der Waals surface area contributed by atoms with Crippen molar-refractivity contribution < 1.29 is 49.0 Å². The predicted octanol–water partition coefficient (Wildman–Crippen LogP) is 0.396. The molecule has 1 saturated carbocycles. The van der Waals surface area contributed by atoms with Gasteiger partial charge in [-0.1, -0.05) is 38.1 Å². The molecule has 0 radical (unpaired) electrons. The van der Waals surface area contributed by atoms with E-state index in [1.807, 2.05) is 18.2 Å². The third-order valence-electron chi connectivity index (χ3n) is 3.81. The summed E-state index contributed by atoms with van der Waals surface area (Å²) < 4.78 is 3.98. The standard InChI is InChI=1S/C13H7Br2.C5H5.C3H4.2ClH.Zr/c14-10-3-1-8-5-9-2-4-11(15)7-13(9)12(8)6-10;1-2-4-5-3-1;1-2-3-1;;;/h1,3-4,6-7H,5H2;1-3H,4H2;1-2H2;2*1H;/q2*-1;;;;+2/p-2. The van der Waals surface area contributed by atoms with E-state index in [9.17, 15) is 0 Å². The SMILES string of the molecule is Brc1c[c-]c2c(c1)-c1cc(Br)ccc1C2.[C-]1=CC=CC1.[Cl-].[Cl-].[Zr+2]=[C]1CC1. The number of hydrogen-bond acceptors (Lipinski definition) is 0. The molecular weight excluding hydrogens is 574 g/mol. The second-order valence-corrected chi connectivity index (χ2v) is 9.36. The van der Waals surface area contributed by atoms with Gasteiger partial charge in [0.25, 0.3) is 0 Å². The molecular formula is C21H16Br2Cl2Zr-2. The maximum absolute atomic E-state index is 3.51. The summed E-state index contributed by atoms with van der Waals surface area (Å²) in [5.41, 5.74) is 5.33. The van der Waals surface area contributed by atoms with Gasteiger partial charge < -0.3 is 24.8 Å². The van der Waals surface area contributed by atoms with E-state index >= 15 is 0 Å². The molecule has 0 N–H and O–H groups in total. The zero-order chi connectivity index (χ0) is 16.9. The third-order valence-corrected chi connectivity index (χ3v) is 5.99. The Morgan fingerprint density at radius 2 is 1.65 bits per heavy atom. The molecule has 0 heterocycles. The van der Waals surface area contributed by atoms with Crippen LogP contribution in [0.2, 0.25) is 0 Å². The fraction of sp³-hybridized carbons (Fsp3) is 0.190. The van der Waals surface area contributed by atoms with Gasteiger partial charge >= 0.3 is 40.3 Å². The Labute approximate surface area is 199 Å². The number of hydrogen-bond donors (Lipinski definition) is 0. The zero-order valence-corrected chi connectivity index (χ0v) is 21.1. The molecule has 0 amide bonds. The van der Waals surface area contributed by atoms with E-state index in [2.05, 4.69) is 74.3 Å². The number of halogens is 4. The van der Waals surface area contributed by atoms with Crippen molar-refractivity contribution in [1.82, 2.24) is 0 Å². The summed E-state index contributed by atoms with van der Waals surface area (Å²) in [6.07, 6.45) is 13.9. The summed E-state index contributed by atoms with van der Waals surface area (Å²) in [6.45, 7) is 0. The maximum atomic E-state index is 3.51. The van der Waals surface area contributed by atoms with Gasteiger partial charge in [0.15, 0.2) is 0 Å². The van der Waals surface area contributed by atoms with Crippen molar-refractivity contribution in [3.63, 3.8) is 0 Å². The minimum atomic E-state index is 0. The topological polar surface area (TPSA) is 0 Å². The monoisotopic (exact) mass is 586 g/mol. The molecule has 0 unspecified atom stereocenters. The second kappa shape index (κ2) is 11.9. The second-order valence-electron chi connectivity index (χ2n) is 5.79. The van der Waals surface area contributed by atoms with Crippen molar-refractivity contribution in [2.45, 2.75) is 25.7 Å². The predicted molar refractivity (Wildman–Crippen MR) is 105 cm³/mol. The molecule has 0 bridgehead atoms. The molecule has 0 aromatic heterocycles. The van der Waals surface area contributed by atoms with Crippen molar-refractivity contribution in [3.8, 4) is 11.1 Å². The Kier molecular flexibility index (Phi) is 11.1. The minimum absolute atomic E-state index is 0. The van der Waals surface area contributed by atoms with Crippen LogP contribution in [0.4, 0.5) is 0 Å². The van der Waals surface area contributed by atoms with Crippen LogP contribution in [0.1, 0.15) is 30.4 Å². The van der Waals surface area contributed by atoms with Gasteiger partial charge in [-0.05, 0) is 18.1 Å². The summed E-state index contributed by atoms with van der Waals surface area (Å²) in [7, 11) is 0. The van der Waals surface area contributed by atoms with Crippen molar-refractivity contribution in [1.29, 1.82) is 0 Å². The van der Waals surface area contributed by atoms with Gasteiger partial charge in [-0.3, -0.25) is 6.08 Å². The summed E-state index contributed by atoms with van der Waals surface area (Å²) in [5, 5.41) is 0. The van der Waals surface area contributed by atoms with E-state index in [0.717, 1.165) is 21.8 Å². The van der Waals surface area contributed by atoms with E-state index in [4.69, 9.17) is 0 Å². The van der Waals surface area contributed by atoms with Crippen molar-refractivity contribution in [2.75, 3.05) is 0 Å². The van der Waals surface area contributed by atoms with Crippen LogP contribution in [-0.2, 0) is 30.7 Å². The molecule has 0 aliphatic heterocycles. The average Bonchev–Trinajstić information content (AvgIpc) is 3.07. The van der Waals surface area contributed by atoms with Gasteiger partial charge in [0.05, 0.1) is 0 Å². The fourth-order valence-electron chi connectivity index (χ4n) is 2.43. The molecule has 2 aromatic carbocycles. The van der Waals surface area contributed by atoms with E-state index < -0.39 is 0 Å². The molecule has 0 saturated heterocycles. The molecule has 134 valence electrons. The molecule has 2 aromatic rings. The van der Waals surface area contributed by atoms with Crippen LogP contribution in [0, 0.1) is 12.1 Å². The molecule has 3 aliphatic rings. The normalized spacial score (nSPS) is 13.9. The van der Waals surface area contributed by atoms with Crippen LogP contribution >= 0.6 is 31.9 Å². The number of allylic oxidation sites excluding steroid dienone is 4. The summed E-state index contributed by atoms with van der Waals surface area (Å²) >= 11 is 8.67. The number of rotatable bonds is 0. The van der Waals surface area contributed by atoms with Crippen LogP contribution in [0.25, 0.3) is 11.1 Å². The molecule has 3 aliphatic carbocycles. The molecule has 5 heteroatoms. The van der Waals surface area contributed by atoms with E-state index in [-0.39, 0.29) is 24.8 Å².